The van der Waals surface area contributed by atoms with E-state index in [-0.39, 0.29) is 11.5 Å². The van der Waals surface area contributed by atoms with E-state index in [0.29, 0.717) is 23.6 Å². The van der Waals surface area contributed by atoms with Crippen molar-refractivity contribution in [1.29, 1.82) is 5.26 Å². The van der Waals surface area contributed by atoms with E-state index in [4.69, 9.17) is 5.26 Å². The summed E-state index contributed by atoms with van der Waals surface area (Å²) >= 11 is 1.26. The summed E-state index contributed by atoms with van der Waals surface area (Å²) in [5.41, 5.74) is -1.29. The number of halogens is 3. The molecule has 0 aliphatic heterocycles. The third kappa shape index (κ3) is 5.13. The van der Waals surface area contributed by atoms with Crippen molar-refractivity contribution >= 4 is 17.7 Å². The summed E-state index contributed by atoms with van der Waals surface area (Å²) in [6.45, 7) is 1.90. The van der Waals surface area contributed by atoms with Crippen LogP contribution in [0.4, 0.5) is 13.2 Å². The molecule has 0 fully saturated rings. The normalized spacial score (nSPS) is 10.9. The highest BCUT2D eigenvalue weighted by atomic mass is 32.2. The molecule has 0 atom stereocenters. The molecule has 0 bridgehead atoms. The van der Waals surface area contributed by atoms with Gasteiger partial charge in [0.15, 0.2) is 0 Å². The molecule has 0 radical (unpaired) electrons. The van der Waals surface area contributed by atoms with Crippen LogP contribution in [0.3, 0.4) is 0 Å². The number of hydrogen-bond acceptors (Lipinski definition) is 3. The van der Waals surface area contributed by atoms with Crippen LogP contribution in [-0.2, 0) is 11.0 Å². The minimum atomic E-state index is -4.53. The van der Waals surface area contributed by atoms with Crippen LogP contribution >= 0.6 is 11.8 Å². The Bertz CT molecular complexity index is 523. The second kappa shape index (κ2) is 7.20. The van der Waals surface area contributed by atoms with Gasteiger partial charge in [0.2, 0.25) is 5.91 Å². The van der Waals surface area contributed by atoms with Crippen molar-refractivity contribution in [1.82, 2.24) is 5.32 Å². The number of hydrogen-bond donors (Lipinski definition) is 1. The topological polar surface area (TPSA) is 52.9 Å². The number of carbonyl (C=O) groups is 1. The van der Waals surface area contributed by atoms with Crippen molar-refractivity contribution in [3.05, 3.63) is 29.3 Å². The maximum absolute atomic E-state index is 12.7. The average molecular weight is 302 g/mol. The number of thioether (sulfide) groups is 1. The SMILES string of the molecule is CC(=O)NCCCSc1ccc(C#N)c(C(F)(F)F)c1. The predicted molar refractivity (Wildman–Crippen MR) is 70.2 cm³/mol. The van der Waals surface area contributed by atoms with Crippen LogP contribution in [0.1, 0.15) is 24.5 Å². The molecule has 0 aliphatic rings. The van der Waals surface area contributed by atoms with Crippen molar-refractivity contribution in [2.75, 3.05) is 12.3 Å². The molecule has 1 N–H and O–H groups in total. The second-order valence-electron chi connectivity index (χ2n) is 4.00. The molecule has 1 rings (SSSR count). The monoisotopic (exact) mass is 302 g/mol. The zero-order valence-electron chi connectivity index (χ0n) is 10.8. The molecule has 7 heteroatoms. The number of rotatable bonds is 5. The fourth-order valence-electron chi connectivity index (χ4n) is 1.47. The first-order valence-corrected chi connectivity index (χ1v) is 6.81. The van der Waals surface area contributed by atoms with Gasteiger partial charge in [0, 0.05) is 18.4 Å². The van der Waals surface area contributed by atoms with Crippen molar-refractivity contribution in [2.24, 2.45) is 0 Å². The Morgan fingerprint density at radius 1 is 1.45 bits per heavy atom. The van der Waals surface area contributed by atoms with Crippen LogP contribution in [0.2, 0.25) is 0 Å². The van der Waals surface area contributed by atoms with Gasteiger partial charge in [-0.25, -0.2) is 0 Å². The Kier molecular flexibility index (Phi) is 5.89. The zero-order valence-corrected chi connectivity index (χ0v) is 11.6. The van der Waals surface area contributed by atoms with Gasteiger partial charge in [-0.05, 0) is 30.4 Å². The Balaban J connectivity index is 2.64. The van der Waals surface area contributed by atoms with Gasteiger partial charge >= 0.3 is 6.18 Å². The second-order valence-corrected chi connectivity index (χ2v) is 5.17. The Morgan fingerprint density at radius 2 is 2.15 bits per heavy atom. The Morgan fingerprint density at radius 3 is 2.70 bits per heavy atom. The molecule has 1 amide bonds. The summed E-state index contributed by atoms with van der Waals surface area (Å²) in [6, 6.07) is 5.21. The van der Waals surface area contributed by atoms with Crippen LogP contribution < -0.4 is 5.32 Å². The molecule has 20 heavy (non-hydrogen) atoms. The maximum atomic E-state index is 12.7. The first kappa shape index (κ1) is 16.4. The molecule has 0 spiro atoms. The standard InChI is InChI=1S/C13H13F3N2OS/c1-9(19)18-5-2-6-20-11-4-3-10(8-17)12(7-11)13(14,15)16/h3-4,7H,2,5-6H2,1H3,(H,18,19). The molecule has 0 heterocycles. The molecule has 0 aromatic heterocycles. The van der Waals surface area contributed by atoms with E-state index in [0.717, 1.165) is 6.07 Å². The first-order valence-electron chi connectivity index (χ1n) is 5.83. The number of carbonyl (C=O) groups excluding carboxylic acids is 1. The summed E-state index contributed by atoms with van der Waals surface area (Å²) in [7, 11) is 0. The van der Waals surface area contributed by atoms with Crippen LogP contribution in [-0.4, -0.2) is 18.2 Å². The van der Waals surface area contributed by atoms with Crippen molar-refractivity contribution in [2.45, 2.75) is 24.4 Å². The van der Waals surface area contributed by atoms with E-state index in [1.165, 1.54) is 30.8 Å². The van der Waals surface area contributed by atoms with E-state index in [1.807, 2.05) is 0 Å². The highest BCUT2D eigenvalue weighted by Crippen LogP contribution is 2.34. The van der Waals surface area contributed by atoms with E-state index in [2.05, 4.69) is 5.32 Å². The van der Waals surface area contributed by atoms with Gasteiger partial charge in [0.05, 0.1) is 17.2 Å². The van der Waals surface area contributed by atoms with E-state index < -0.39 is 11.7 Å². The summed E-state index contributed by atoms with van der Waals surface area (Å²) in [4.78, 5) is 11.1. The highest BCUT2D eigenvalue weighted by molar-refractivity contribution is 7.99. The average Bonchev–Trinajstić information content (AvgIpc) is 2.36. The largest absolute Gasteiger partial charge is 0.417 e. The van der Waals surface area contributed by atoms with Gasteiger partial charge in [0.25, 0.3) is 0 Å². The molecule has 1 aromatic carbocycles. The summed E-state index contributed by atoms with van der Waals surface area (Å²) < 4.78 is 38.2. The van der Waals surface area contributed by atoms with Crippen LogP contribution in [0.5, 0.6) is 0 Å². The van der Waals surface area contributed by atoms with Crippen molar-refractivity contribution in [3.8, 4) is 6.07 Å². The highest BCUT2D eigenvalue weighted by Gasteiger charge is 2.33. The number of benzene rings is 1. The Hall–Kier alpha value is -1.68. The van der Waals surface area contributed by atoms with Crippen molar-refractivity contribution in [3.63, 3.8) is 0 Å². The fourth-order valence-corrected chi connectivity index (χ4v) is 2.36. The maximum Gasteiger partial charge on any atom is 0.417 e. The Labute approximate surface area is 119 Å². The number of nitrogens with zero attached hydrogens (tertiary/aromatic N) is 1. The molecule has 0 saturated carbocycles. The number of alkyl halides is 3. The lowest BCUT2D eigenvalue weighted by molar-refractivity contribution is -0.138. The molecule has 0 unspecified atom stereocenters. The number of nitrogens with one attached hydrogen (secondary N) is 1. The van der Waals surface area contributed by atoms with Crippen molar-refractivity contribution < 1.29 is 18.0 Å². The molecule has 0 saturated heterocycles. The number of nitriles is 1. The van der Waals surface area contributed by atoms with Gasteiger partial charge in [-0.2, -0.15) is 18.4 Å². The van der Waals surface area contributed by atoms with Gasteiger partial charge in [0.1, 0.15) is 0 Å². The molecule has 1 aromatic rings. The number of amides is 1. The van der Waals surface area contributed by atoms with Gasteiger partial charge in [-0.15, -0.1) is 11.8 Å². The zero-order chi connectivity index (χ0) is 15.2. The van der Waals surface area contributed by atoms with Crippen LogP contribution in [0.25, 0.3) is 0 Å². The molecular formula is C13H13F3N2OS. The summed E-state index contributed by atoms with van der Waals surface area (Å²) in [6.07, 6.45) is -3.87. The molecular weight excluding hydrogens is 289 g/mol. The molecule has 108 valence electrons. The lowest BCUT2D eigenvalue weighted by Gasteiger charge is -2.10. The van der Waals surface area contributed by atoms with E-state index >= 15 is 0 Å². The van der Waals surface area contributed by atoms with Crippen LogP contribution in [0, 0.1) is 11.3 Å². The minimum Gasteiger partial charge on any atom is -0.356 e. The van der Waals surface area contributed by atoms with Gasteiger partial charge < -0.3 is 5.32 Å². The minimum absolute atomic E-state index is 0.132. The molecule has 0 aliphatic carbocycles. The quantitative estimate of drug-likeness (QED) is 0.671. The van der Waals surface area contributed by atoms with Gasteiger partial charge in [-0.1, -0.05) is 0 Å². The lowest BCUT2D eigenvalue weighted by Crippen LogP contribution is -2.21. The summed E-state index contributed by atoms with van der Waals surface area (Å²) in [5.74, 6) is 0.455. The third-order valence-electron chi connectivity index (χ3n) is 2.38. The predicted octanol–water partition coefficient (Wildman–Crippen LogP) is 3.20. The van der Waals surface area contributed by atoms with Crippen LogP contribution in [0.15, 0.2) is 23.1 Å². The van der Waals surface area contributed by atoms with E-state index in [1.54, 1.807) is 6.07 Å². The smallest absolute Gasteiger partial charge is 0.356 e. The first-order chi connectivity index (χ1) is 9.34. The third-order valence-corrected chi connectivity index (χ3v) is 3.46. The van der Waals surface area contributed by atoms with Gasteiger partial charge in [-0.3, -0.25) is 4.79 Å². The van der Waals surface area contributed by atoms with E-state index in [9.17, 15) is 18.0 Å². The lowest BCUT2D eigenvalue weighted by atomic mass is 10.1. The summed E-state index contributed by atoms with van der Waals surface area (Å²) in [5, 5.41) is 11.3. The molecule has 3 nitrogen and oxygen atoms in total. The fraction of sp³-hybridized carbons (Fsp3) is 0.385.